The number of nitrogens with zero attached hydrogens (tertiary/aromatic N) is 4. The van der Waals surface area contributed by atoms with E-state index >= 15 is 0 Å². The van der Waals surface area contributed by atoms with E-state index in [-0.39, 0.29) is 6.10 Å². The zero-order valence-electron chi connectivity index (χ0n) is 14.7. The molecule has 1 atom stereocenters. The lowest BCUT2D eigenvalue weighted by molar-refractivity contribution is 0.114. The number of hydrogen-bond donors (Lipinski definition) is 1. The lowest BCUT2D eigenvalue weighted by Gasteiger charge is -2.08. The van der Waals surface area contributed by atoms with E-state index in [0.29, 0.717) is 6.54 Å². The summed E-state index contributed by atoms with van der Waals surface area (Å²) in [5.74, 6) is 0.809. The maximum absolute atomic E-state index is 5.86. The van der Waals surface area contributed by atoms with E-state index in [1.807, 2.05) is 24.5 Å². The van der Waals surface area contributed by atoms with Gasteiger partial charge in [-0.2, -0.15) is 5.10 Å². The molecule has 4 heterocycles. The molecule has 6 nitrogen and oxygen atoms in total. The Hall–Kier alpha value is -2.77. The first-order valence-corrected chi connectivity index (χ1v) is 9.86. The zero-order valence-corrected chi connectivity index (χ0v) is 15.5. The SMILES string of the molecule is c1ccc(-c2ncn(Cc3ncn[nH]3)c2-c2ccc([C@@H]3CCCO3)s2)cc1. The fraction of sp³-hybridized carbons (Fsp3) is 0.250. The largest absolute Gasteiger partial charge is 0.373 e. The summed E-state index contributed by atoms with van der Waals surface area (Å²) in [5, 5.41) is 6.90. The molecule has 0 aliphatic carbocycles. The van der Waals surface area contributed by atoms with Gasteiger partial charge in [0, 0.05) is 17.0 Å². The highest BCUT2D eigenvalue weighted by atomic mass is 32.1. The van der Waals surface area contributed by atoms with Gasteiger partial charge < -0.3 is 9.30 Å². The van der Waals surface area contributed by atoms with Gasteiger partial charge in [-0.15, -0.1) is 11.3 Å². The molecular weight excluding hydrogens is 358 g/mol. The second kappa shape index (κ2) is 7.09. The van der Waals surface area contributed by atoms with E-state index in [1.165, 1.54) is 16.1 Å². The molecule has 4 aromatic rings. The van der Waals surface area contributed by atoms with Crippen LogP contribution in [0.2, 0.25) is 0 Å². The van der Waals surface area contributed by atoms with Crippen LogP contribution in [0.4, 0.5) is 0 Å². The molecule has 1 aromatic carbocycles. The maximum atomic E-state index is 5.86. The number of aromatic nitrogens is 5. The molecule has 1 saturated heterocycles. The third-order valence-corrected chi connectivity index (χ3v) is 5.96. The van der Waals surface area contributed by atoms with E-state index < -0.39 is 0 Å². The van der Waals surface area contributed by atoms with E-state index in [2.05, 4.69) is 44.0 Å². The summed E-state index contributed by atoms with van der Waals surface area (Å²) >= 11 is 1.79. The van der Waals surface area contributed by atoms with Crippen molar-refractivity contribution in [2.75, 3.05) is 6.61 Å². The van der Waals surface area contributed by atoms with Crippen molar-refractivity contribution >= 4 is 11.3 Å². The van der Waals surface area contributed by atoms with Crippen molar-refractivity contribution in [1.29, 1.82) is 0 Å². The van der Waals surface area contributed by atoms with Crippen molar-refractivity contribution in [3.8, 4) is 21.8 Å². The molecule has 0 amide bonds. The molecule has 0 spiro atoms. The van der Waals surface area contributed by atoms with Crippen LogP contribution in [0.15, 0.2) is 55.1 Å². The van der Waals surface area contributed by atoms with Crippen molar-refractivity contribution in [3.63, 3.8) is 0 Å². The summed E-state index contributed by atoms with van der Waals surface area (Å²) < 4.78 is 8.00. The Morgan fingerprint density at radius 3 is 2.85 bits per heavy atom. The average molecular weight is 377 g/mol. The molecule has 7 heteroatoms. The number of H-pyrrole nitrogens is 1. The van der Waals surface area contributed by atoms with E-state index in [4.69, 9.17) is 9.72 Å². The van der Waals surface area contributed by atoms with Crippen LogP contribution in [0.25, 0.3) is 21.8 Å². The number of thiophene rings is 1. The molecule has 0 saturated carbocycles. The lowest BCUT2D eigenvalue weighted by atomic mass is 10.1. The number of ether oxygens (including phenoxy) is 1. The lowest BCUT2D eigenvalue weighted by Crippen LogP contribution is -2.02. The predicted octanol–water partition coefficient (Wildman–Crippen LogP) is 4.30. The highest BCUT2D eigenvalue weighted by molar-refractivity contribution is 7.15. The normalized spacial score (nSPS) is 16.8. The van der Waals surface area contributed by atoms with Gasteiger partial charge in [0.15, 0.2) is 0 Å². The number of benzene rings is 1. The number of imidazole rings is 1. The minimum absolute atomic E-state index is 0.231. The van der Waals surface area contributed by atoms with Gasteiger partial charge in [-0.05, 0) is 25.0 Å². The third kappa shape index (κ3) is 3.20. The van der Waals surface area contributed by atoms with Crippen molar-refractivity contribution in [2.24, 2.45) is 0 Å². The van der Waals surface area contributed by atoms with Gasteiger partial charge in [-0.1, -0.05) is 30.3 Å². The number of aromatic amines is 1. The summed E-state index contributed by atoms with van der Waals surface area (Å²) in [4.78, 5) is 11.5. The number of hydrogen-bond acceptors (Lipinski definition) is 5. The Morgan fingerprint density at radius 1 is 1.15 bits per heavy atom. The second-order valence-electron chi connectivity index (χ2n) is 6.57. The summed E-state index contributed by atoms with van der Waals surface area (Å²) in [7, 11) is 0. The standard InChI is InChI=1S/C20H19N5OS/c1-2-5-14(6-3-1)19-20(25(13-22-19)11-18-21-12-23-24-18)17-9-8-16(27-17)15-7-4-10-26-15/h1-3,5-6,8-9,12-13,15H,4,7,10-11H2,(H,21,23,24)/t15-/m0/s1. The maximum Gasteiger partial charge on any atom is 0.144 e. The van der Waals surface area contributed by atoms with Gasteiger partial charge in [0.25, 0.3) is 0 Å². The fourth-order valence-electron chi connectivity index (χ4n) is 3.49. The Morgan fingerprint density at radius 2 is 2.07 bits per heavy atom. The first kappa shape index (κ1) is 16.4. The van der Waals surface area contributed by atoms with Crippen LogP contribution < -0.4 is 0 Å². The van der Waals surface area contributed by atoms with E-state index in [9.17, 15) is 0 Å². The Labute approximate surface area is 160 Å². The first-order chi connectivity index (χ1) is 13.4. The third-order valence-electron chi connectivity index (χ3n) is 4.78. The summed E-state index contributed by atoms with van der Waals surface area (Å²) in [6.45, 7) is 1.46. The summed E-state index contributed by atoms with van der Waals surface area (Å²) in [5.41, 5.74) is 3.19. The van der Waals surface area contributed by atoms with Gasteiger partial charge in [0.05, 0.1) is 35.2 Å². The van der Waals surface area contributed by atoms with E-state index in [1.54, 1.807) is 11.3 Å². The fourth-order valence-corrected chi connectivity index (χ4v) is 4.65. The van der Waals surface area contributed by atoms with Gasteiger partial charge in [0.2, 0.25) is 0 Å². The smallest absolute Gasteiger partial charge is 0.144 e. The first-order valence-electron chi connectivity index (χ1n) is 9.05. The Bertz CT molecular complexity index is 1020. The molecular formula is C20H19N5OS. The minimum Gasteiger partial charge on any atom is -0.373 e. The van der Waals surface area contributed by atoms with Crippen LogP contribution >= 0.6 is 11.3 Å². The van der Waals surface area contributed by atoms with Crippen LogP contribution in [0.3, 0.4) is 0 Å². The molecule has 3 aromatic heterocycles. The predicted molar refractivity (Wildman–Crippen MR) is 104 cm³/mol. The molecule has 0 unspecified atom stereocenters. The van der Waals surface area contributed by atoms with Gasteiger partial charge in [-0.25, -0.2) is 9.97 Å². The molecule has 1 aliphatic heterocycles. The van der Waals surface area contributed by atoms with Crippen molar-refractivity contribution in [3.05, 3.63) is 65.8 Å². The van der Waals surface area contributed by atoms with Crippen LogP contribution in [0, 0.1) is 0 Å². The van der Waals surface area contributed by atoms with Crippen molar-refractivity contribution < 1.29 is 4.74 Å². The molecule has 27 heavy (non-hydrogen) atoms. The van der Waals surface area contributed by atoms with Crippen LogP contribution in [-0.2, 0) is 11.3 Å². The highest BCUT2D eigenvalue weighted by Crippen LogP contribution is 2.40. The molecule has 0 bridgehead atoms. The van der Waals surface area contributed by atoms with Crippen molar-refractivity contribution in [2.45, 2.75) is 25.5 Å². The summed E-state index contributed by atoms with van der Waals surface area (Å²) in [6.07, 6.45) is 5.88. The molecule has 5 rings (SSSR count). The quantitative estimate of drug-likeness (QED) is 0.563. The van der Waals surface area contributed by atoms with Crippen molar-refractivity contribution in [1.82, 2.24) is 24.7 Å². The Balaban J connectivity index is 1.58. The molecule has 136 valence electrons. The molecule has 1 aliphatic rings. The number of nitrogens with one attached hydrogen (secondary N) is 1. The number of rotatable bonds is 5. The second-order valence-corrected chi connectivity index (χ2v) is 7.69. The molecule has 1 fully saturated rings. The van der Waals surface area contributed by atoms with Crippen LogP contribution in [0.5, 0.6) is 0 Å². The van der Waals surface area contributed by atoms with Gasteiger partial charge in [-0.3, -0.25) is 5.10 Å². The highest BCUT2D eigenvalue weighted by Gasteiger charge is 2.22. The van der Waals surface area contributed by atoms with E-state index in [0.717, 1.165) is 42.2 Å². The van der Waals surface area contributed by atoms with Crippen LogP contribution in [-0.4, -0.2) is 31.3 Å². The average Bonchev–Trinajstić information content (AvgIpc) is 3.48. The van der Waals surface area contributed by atoms with Gasteiger partial charge >= 0.3 is 0 Å². The zero-order chi connectivity index (χ0) is 18.1. The topological polar surface area (TPSA) is 68.6 Å². The molecule has 0 radical (unpaired) electrons. The monoisotopic (exact) mass is 377 g/mol. The summed E-state index contributed by atoms with van der Waals surface area (Å²) in [6, 6.07) is 14.7. The molecule has 1 N–H and O–H groups in total. The van der Waals surface area contributed by atoms with Crippen LogP contribution in [0.1, 0.15) is 29.6 Å². The Kier molecular flexibility index (Phi) is 4.31. The minimum atomic E-state index is 0.231. The van der Waals surface area contributed by atoms with Gasteiger partial charge in [0.1, 0.15) is 12.2 Å².